The van der Waals surface area contributed by atoms with Crippen molar-refractivity contribution in [3.63, 3.8) is 0 Å². The molecule has 0 radical (unpaired) electrons. The van der Waals surface area contributed by atoms with Gasteiger partial charge in [-0.1, -0.05) is 27.2 Å². The molecule has 0 aliphatic carbocycles. The highest BCUT2D eigenvalue weighted by molar-refractivity contribution is 4.85. The van der Waals surface area contributed by atoms with E-state index in [4.69, 9.17) is 4.42 Å². The Morgan fingerprint density at radius 2 is 2.00 bits per heavy atom. The second-order valence-corrected chi connectivity index (χ2v) is 3.91. The number of hydrogen-bond donors (Lipinski definition) is 0. The molecule has 1 aromatic heterocycles. The van der Waals surface area contributed by atoms with Gasteiger partial charge in [0.2, 0.25) is 11.8 Å². The highest BCUT2D eigenvalue weighted by Crippen LogP contribution is 2.24. The summed E-state index contributed by atoms with van der Waals surface area (Å²) in [6.45, 7) is 8.39. The van der Waals surface area contributed by atoms with Gasteiger partial charge in [0.25, 0.3) is 0 Å². The van der Waals surface area contributed by atoms with Crippen LogP contribution in [0.2, 0.25) is 0 Å². The maximum Gasteiger partial charge on any atom is 0.217 e. The lowest BCUT2D eigenvalue weighted by Gasteiger charge is -2.19. The van der Waals surface area contributed by atoms with Crippen molar-refractivity contribution < 1.29 is 4.42 Å². The Bertz CT molecular complexity index is 253. The molecule has 0 saturated carbocycles. The van der Waals surface area contributed by atoms with Crippen molar-refractivity contribution in [1.29, 1.82) is 0 Å². The largest absolute Gasteiger partial charge is 0.426 e. The maximum atomic E-state index is 5.30. The summed E-state index contributed by atoms with van der Waals surface area (Å²) in [5.74, 6) is 1.40. The van der Waals surface area contributed by atoms with Gasteiger partial charge in [-0.15, -0.1) is 10.2 Å². The molecule has 0 aliphatic rings. The summed E-state index contributed by atoms with van der Waals surface area (Å²) in [5, 5.41) is 7.75. The molecule has 0 fully saturated rings. The van der Waals surface area contributed by atoms with Crippen molar-refractivity contribution in [3.05, 3.63) is 11.8 Å². The van der Waals surface area contributed by atoms with E-state index in [-0.39, 0.29) is 5.41 Å². The van der Waals surface area contributed by atoms with Gasteiger partial charge in [-0.3, -0.25) is 0 Å². The van der Waals surface area contributed by atoms with Gasteiger partial charge < -0.3 is 4.42 Å². The minimum absolute atomic E-state index is 0.263. The lowest BCUT2D eigenvalue weighted by molar-refractivity contribution is 0.307. The van der Waals surface area contributed by atoms with Crippen LogP contribution in [0.5, 0.6) is 0 Å². The van der Waals surface area contributed by atoms with E-state index in [9.17, 15) is 0 Å². The second kappa shape index (κ2) is 3.25. The third-order valence-corrected chi connectivity index (χ3v) is 2.15. The van der Waals surface area contributed by atoms with E-state index in [0.717, 1.165) is 18.7 Å². The highest BCUT2D eigenvalue weighted by Gasteiger charge is 2.19. The minimum atomic E-state index is 0.263. The Balaban J connectivity index is 2.63. The van der Waals surface area contributed by atoms with Gasteiger partial charge in [0.1, 0.15) is 0 Å². The van der Waals surface area contributed by atoms with Crippen LogP contribution in [-0.2, 0) is 6.42 Å². The molecule has 0 saturated heterocycles. The fourth-order valence-electron chi connectivity index (χ4n) is 0.943. The van der Waals surface area contributed by atoms with Crippen LogP contribution in [0.4, 0.5) is 0 Å². The van der Waals surface area contributed by atoms with Gasteiger partial charge in [-0.25, -0.2) is 0 Å². The summed E-state index contributed by atoms with van der Waals surface area (Å²) in [7, 11) is 0. The summed E-state index contributed by atoms with van der Waals surface area (Å²) in [6.07, 6.45) is 1.98. The molecule has 3 heteroatoms. The topological polar surface area (TPSA) is 38.9 Å². The molecule has 0 aromatic carbocycles. The molecule has 0 unspecified atom stereocenters. The molecular weight excluding hydrogens is 152 g/mol. The van der Waals surface area contributed by atoms with Gasteiger partial charge >= 0.3 is 0 Å². The summed E-state index contributed by atoms with van der Waals surface area (Å²) in [5.41, 5.74) is 0.263. The summed E-state index contributed by atoms with van der Waals surface area (Å²) in [4.78, 5) is 0. The maximum absolute atomic E-state index is 5.30. The second-order valence-electron chi connectivity index (χ2n) is 3.91. The van der Waals surface area contributed by atoms with E-state index in [0.29, 0.717) is 5.89 Å². The molecule has 0 amide bonds. The Hall–Kier alpha value is -0.860. The first-order valence-corrected chi connectivity index (χ1v) is 4.32. The molecule has 3 nitrogen and oxygen atoms in total. The Labute approximate surface area is 73.2 Å². The SMILES string of the molecule is CCC(C)(C)Cc1nnc(C)o1. The summed E-state index contributed by atoms with van der Waals surface area (Å²) >= 11 is 0. The van der Waals surface area contributed by atoms with Crippen molar-refractivity contribution >= 4 is 0 Å². The molecule has 1 heterocycles. The highest BCUT2D eigenvalue weighted by atomic mass is 16.4. The summed E-state index contributed by atoms with van der Waals surface area (Å²) < 4.78 is 5.30. The zero-order valence-corrected chi connectivity index (χ0v) is 8.22. The fourth-order valence-corrected chi connectivity index (χ4v) is 0.943. The van der Waals surface area contributed by atoms with Crippen molar-refractivity contribution in [2.45, 2.75) is 40.5 Å². The van der Waals surface area contributed by atoms with E-state index in [2.05, 4.69) is 31.0 Å². The first kappa shape index (κ1) is 9.23. The van der Waals surface area contributed by atoms with Crippen LogP contribution in [-0.4, -0.2) is 10.2 Å². The Kier molecular flexibility index (Phi) is 2.50. The van der Waals surface area contributed by atoms with Crippen LogP contribution in [0.1, 0.15) is 39.0 Å². The summed E-state index contributed by atoms with van der Waals surface area (Å²) in [6, 6.07) is 0. The lowest BCUT2D eigenvalue weighted by Crippen LogP contribution is -2.13. The average molecular weight is 168 g/mol. The van der Waals surface area contributed by atoms with Crippen LogP contribution < -0.4 is 0 Å². The number of nitrogens with zero attached hydrogens (tertiary/aromatic N) is 2. The molecule has 0 atom stereocenters. The van der Waals surface area contributed by atoms with Crippen molar-refractivity contribution in [2.24, 2.45) is 5.41 Å². The zero-order valence-electron chi connectivity index (χ0n) is 8.22. The third kappa shape index (κ3) is 2.32. The molecule has 1 aromatic rings. The fraction of sp³-hybridized carbons (Fsp3) is 0.778. The van der Waals surface area contributed by atoms with Gasteiger partial charge in [-0.2, -0.15) is 0 Å². The Morgan fingerprint density at radius 1 is 1.33 bits per heavy atom. The van der Waals surface area contributed by atoms with Gasteiger partial charge in [0.05, 0.1) is 0 Å². The van der Waals surface area contributed by atoms with Crippen molar-refractivity contribution in [3.8, 4) is 0 Å². The van der Waals surface area contributed by atoms with Crippen LogP contribution in [0.25, 0.3) is 0 Å². The quantitative estimate of drug-likeness (QED) is 0.695. The van der Waals surface area contributed by atoms with Crippen LogP contribution in [0.3, 0.4) is 0 Å². The molecule has 68 valence electrons. The van der Waals surface area contributed by atoms with Crippen LogP contribution in [0, 0.1) is 12.3 Å². The lowest BCUT2D eigenvalue weighted by atomic mass is 9.87. The van der Waals surface area contributed by atoms with Crippen LogP contribution in [0.15, 0.2) is 4.42 Å². The average Bonchev–Trinajstić information content (AvgIpc) is 2.35. The molecule has 1 rings (SSSR count). The van der Waals surface area contributed by atoms with Crippen molar-refractivity contribution in [1.82, 2.24) is 10.2 Å². The molecule has 12 heavy (non-hydrogen) atoms. The van der Waals surface area contributed by atoms with E-state index < -0.39 is 0 Å². The number of aryl methyl sites for hydroxylation is 1. The van der Waals surface area contributed by atoms with Gasteiger partial charge in [-0.05, 0) is 5.41 Å². The normalized spacial score (nSPS) is 12.0. The number of aromatic nitrogens is 2. The smallest absolute Gasteiger partial charge is 0.217 e. The molecule has 0 bridgehead atoms. The minimum Gasteiger partial charge on any atom is -0.426 e. The van der Waals surface area contributed by atoms with Crippen molar-refractivity contribution in [2.75, 3.05) is 0 Å². The van der Waals surface area contributed by atoms with E-state index in [1.54, 1.807) is 0 Å². The standard InChI is InChI=1S/C9H16N2O/c1-5-9(3,4)6-8-11-10-7(2)12-8/h5-6H2,1-4H3. The molecular formula is C9H16N2O. The van der Waals surface area contributed by atoms with E-state index in [1.807, 2.05) is 6.92 Å². The van der Waals surface area contributed by atoms with E-state index >= 15 is 0 Å². The van der Waals surface area contributed by atoms with E-state index in [1.165, 1.54) is 0 Å². The monoisotopic (exact) mass is 168 g/mol. The first-order chi connectivity index (χ1) is 5.53. The predicted molar refractivity (Wildman–Crippen MR) is 46.8 cm³/mol. The number of rotatable bonds is 3. The zero-order chi connectivity index (χ0) is 9.19. The van der Waals surface area contributed by atoms with Crippen LogP contribution >= 0.6 is 0 Å². The first-order valence-electron chi connectivity index (χ1n) is 4.32. The Morgan fingerprint density at radius 3 is 2.42 bits per heavy atom. The third-order valence-electron chi connectivity index (χ3n) is 2.15. The molecule has 0 aliphatic heterocycles. The van der Waals surface area contributed by atoms with Gasteiger partial charge in [0.15, 0.2) is 0 Å². The predicted octanol–water partition coefficient (Wildman–Crippen LogP) is 2.36. The molecule has 0 N–H and O–H groups in total. The van der Waals surface area contributed by atoms with Gasteiger partial charge in [0, 0.05) is 13.3 Å². The molecule has 0 spiro atoms. The number of hydrogen-bond acceptors (Lipinski definition) is 3.